The first-order valence-electron chi connectivity index (χ1n) is 9.46. The molecule has 1 saturated carbocycles. The lowest BCUT2D eigenvalue weighted by Crippen LogP contribution is -2.52. The van der Waals surface area contributed by atoms with E-state index in [-0.39, 0.29) is 12.5 Å². The van der Waals surface area contributed by atoms with Crippen molar-refractivity contribution in [2.24, 2.45) is 10.9 Å². The predicted octanol–water partition coefficient (Wildman–Crippen LogP) is 1.51. The molecule has 2 bridgehead atoms. The van der Waals surface area contributed by atoms with Crippen LogP contribution in [0.2, 0.25) is 0 Å². The first kappa shape index (κ1) is 17.5. The summed E-state index contributed by atoms with van der Waals surface area (Å²) in [7, 11) is 3.54. The third kappa shape index (κ3) is 4.21. The van der Waals surface area contributed by atoms with Gasteiger partial charge >= 0.3 is 0 Å². The topological polar surface area (TPSA) is 66.0 Å². The normalized spacial score (nSPS) is 35.8. The fraction of sp³-hybridized carbons (Fsp3) is 0.889. The van der Waals surface area contributed by atoms with Crippen LogP contribution in [0, 0.1) is 5.92 Å². The zero-order chi connectivity index (χ0) is 17.1. The first-order valence-corrected chi connectivity index (χ1v) is 9.46. The number of nitrogens with zero attached hydrogens (tertiary/aromatic N) is 2. The van der Waals surface area contributed by atoms with Crippen LogP contribution in [0.15, 0.2) is 4.99 Å². The molecule has 0 radical (unpaired) electrons. The molecule has 3 fully saturated rings. The summed E-state index contributed by atoms with van der Waals surface area (Å²) in [4.78, 5) is 18.1. The number of carbonyl (C=O) groups is 1. The number of carbonyl (C=O) groups excluding carboxylic acids is 1. The molecule has 5 atom stereocenters. The van der Waals surface area contributed by atoms with Crippen LogP contribution < -0.4 is 10.6 Å². The van der Waals surface area contributed by atoms with Gasteiger partial charge in [0.1, 0.15) is 6.54 Å². The van der Waals surface area contributed by atoms with Crippen LogP contribution in [0.1, 0.15) is 51.9 Å². The number of nitrogens with one attached hydrogen (secondary N) is 2. The lowest BCUT2D eigenvalue weighted by molar-refractivity contribution is -0.127. The van der Waals surface area contributed by atoms with Gasteiger partial charge in [0.25, 0.3) is 0 Å². The molecule has 1 amide bonds. The Morgan fingerprint density at radius 3 is 2.50 bits per heavy atom. The third-order valence-corrected chi connectivity index (χ3v) is 5.73. The monoisotopic (exact) mass is 336 g/mol. The number of fused-ring (bicyclic) bond motifs is 2. The van der Waals surface area contributed by atoms with E-state index in [1.54, 1.807) is 19.0 Å². The number of rotatable bonds is 4. The van der Waals surface area contributed by atoms with Crippen molar-refractivity contribution in [2.75, 3.05) is 20.6 Å². The van der Waals surface area contributed by atoms with Crippen LogP contribution in [0.25, 0.3) is 0 Å². The summed E-state index contributed by atoms with van der Waals surface area (Å²) >= 11 is 0. The van der Waals surface area contributed by atoms with Gasteiger partial charge in [-0.25, -0.2) is 4.99 Å². The Kier molecular flexibility index (Phi) is 5.64. The number of guanidine groups is 1. The molecule has 3 aliphatic rings. The number of hydrogen-bond donors (Lipinski definition) is 2. The molecule has 24 heavy (non-hydrogen) atoms. The second kappa shape index (κ2) is 7.72. The molecule has 0 aromatic heterocycles. The van der Waals surface area contributed by atoms with Gasteiger partial charge in [-0.05, 0) is 38.0 Å². The van der Waals surface area contributed by atoms with Crippen molar-refractivity contribution in [3.05, 3.63) is 0 Å². The largest absolute Gasteiger partial charge is 0.373 e. The van der Waals surface area contributed by atoms with Gasteiger partial charge in [-0.2, -0.15) is 0 Å². The van der Waals surface area contributed by atoms with Crippen molar-refractivity contribution in [3.63, 3.8) is 0 Å². The highest BCUT2D eigenvalue weighted by Gasteiger charge is 2.41. The summed E-state index contributed by atoms with van der Waals surface area (Å²) in [5.41, 5.74) is 0. The van der Waals surface area contributed by atoms with Gasteiger partial charge in [-0.1, -0.05) is 19.8 Å². The summed E-state index contributed by atoms with van der Waals surface area (Å²) in [5, 5.41) is 7.15. The van der Waals surface area contributed by atoms with Crippen molar-refractivity contribution in [2.45, 2.75) is 76.2 Å². The van der Waals surface area contributed by atoms with Crippen LogP contribution in [0.5, 0.6) is 0 Å². The van der Waals surface area contributed by atoms with Crippen molar-refractivity contribution >= 4 is 11.9 Å². The Bertz CT molecular complexity index is 474. The van der Waals surface area contributed by atoms with Crippen molar-refractivity contribution in [1.29, 1.82) is 0 Å². The van der Waals surface area contributed by atoms with Gasteiger partial charge in [0.2, 0.25) is 5.91 Å². The molecule has 2 N–H and O–H groups in total. The lowest BCUT2D eigenvalue weighted by Gasteiger charge is -2.32. The van der Waals surface area contributed by atoms with Gasteiger partial charge in [0.05, 0.1) is 18.2 Å². The number of amides is 1. The van der Waals surface area contributed by atoms with E-state index in [1.165, 1.54) is 32.1 Å². The van der Waals surface area contributed by atoms with Crippen LogP contribution in [-0.4, -0.2) is 61.7 Å². The van der Waals surface area contributed by atoms with Gasteiger partial charge < -0.3 is 20.3 Å². The molecule has 6 heteroatoms. The van der Waals surface area contributed by atoms with Crippen LogP contribution in [0.3, 0.4) is 0 Å². The molecule has 2 heterocycles. The number of aliphatic imine (C=N–C) groups is 1. The summed E-state index contributed by atoms with van der Waals surface area (Å²) in [6.45, 7) is 2.49. The van der Waals surface area contributed by atoms with E-state index in [1.807, 2.05) is 0 Å². The number of likely N-dealkylation sites (N-methyl/N-ethyl adjacent to an activating group) is 1. The van der Waals surface area contributed by atoms with Crippen LogP contribution in [0.4, 0.5) is 0 Å². The van der Waals surface area contributed by atoms with Crippen molar-refractivity contribution in [1.82, 2.24) is 15.5 Å². The molecule has 5 unspecified atom stereocenters. The highest BCUT2D eigenvalue weighted by molar-refractivity contribution is 5.85. The van der Waals surface area contributed by atoms with E-state index in [9.17, 15) is 4.79 Å². The zero-order valence-corrected chi connectivity index (χ0v) is 15.3. The minimum Gasteiger partial charge on any atom is -0.373 e. The average Bonchev–Trinajstić information content (AvgIpc) is 3.17. The second-order valence-electron chi connectivity index (χ2n) is 7.83. The molecule has 3 rings (SSSR count). The summed E-state index contributed by atoms with van der Waals surface area (Å²) < 4.78 is 5.94. The van der Waals surface area contributed by atoms with Gasteiger partial charge in [-0.15, -0.1) is 0 Å². The number of hydrogen-bond acceptors (Lipinski definition) is 3. The minimum absolute atomic E-state index is 0.0250. The molecule has 6 nitrogen and oxygen atoms in total. The minimum atomic E-state index is 0.0250. The van der Waals surface area contributed by atoms with Crippen molar-refractivity contribution in [3.8, 4) is 0 Å². The summed E-state index contributed by atoms with van der Waals surface area (Å²) in [5.74, 6) is 1.45. The molecule has 0 aromatic rings. The second-order valence-corrected chi connectivity index (χ2v) is 7.83. The highest BCUT2D eigenvalue weighted by atomic mass is 16.5. The molecule has 1 aliphatic carbocycles. The van der Waals surface area contributed by atoms with Crippen LogP contribution >= 0.6 is 0 Å². The molecule has 2 saturated heterocycles. The third-order valence-electron chi connectivity index (χ3n) is 5.73. The Morgan fingerprint density at radius 1 is 1.12 bits per heavy atom. The molecular weight excluding hydrogens is 304 g/mol. The Balaban J connectivity index is 1.63. The van der Waals surface area contributed by atoms with Gasteiger partial charge in [-0.3, -0.25) is 4.79 Å². The van der Waals surface area contributed by atoms with Gasteiger partial charge in [0.15, 0.2) is 5.96 Å². The maximum Gasteiger partial charge on any atom is 0.243 e. The Hall–Kier alpha value is -1.30. The van der Waals surface area contributed by atoms with E-state index in [4.69, 9.17) is 4.74 Å². The van der Waals surface area contributed by atoms with E-state index in [0.717, 1.165) is 18.8 Å². The highest BCUT2D eigenvalue weighted by Crippen LogP contribution is 2.34. The lowest BCUT2D eigenvalue weighted by atomic mass is 9.86. The molecule has 0 aromatic carbocycles. The molecule has 2 aliphatic heterocycles. The molecular formula is C18H32N4O2. The summed E-state index contributed by atoms with van der Waals surface area (Å²) in [6, 6.07) is 0.766. The fourth-order valence-corrected chi connectivity index (χ4v) is 4.09. The number of ether oxygens (including phenoxy) is 1. The van der Waals surface area contributed by atoms with E-state index in [0.29, 0.717) is 30.2 Å². The van der Waals surface area contributed by atoms with E-state index >= 15 is 0 Å². The zero-order valence-electron chi connectivity index (χ0n) is 15.3. The SMILES string of the molecule is CC1CCCCC1NC(=NCC(=O)N(C)C)NC1CC2CCC1O2. The van der Waals surface area contributed by atoms with E-state index < -0.39 is 0 Å². The van der Waals surface area contributed by atoms with Gasteiger partial charge in [0, 0.05) is 20.1 Å². The van der Waals surface area contributed by atoms with Crippen LogP contribution in [-0.2, 0) is 9.53 Å². The first-order chi connectivity index (χ1) is 11.5. The maximum atomic E-state index is 11.9. The smallest absolute Gasteiger partial charge is 0.243 e. The maximum absolute atomic E-state index is 11.9. The Labute approximate surface area is 145 Å². The average molecular weight is 336 g/mol. The standard InChI is InChI=1S/C18H32N4O2/c1-12-6-4-5-7-14(12)20-18(19-11-17(23)22(2)3)21-15-10-13-8-9-16(15)24-13/h12-16H,4-11H2,1-3H3,(H2,19,20,21). The van der Waals surface area contributed by atoms with E-state index in [2.05, 4.69) is 22.5 Å². The van der Waals surface area contributed by atoms with Crippen molar-refractivity contribution < 1.29 is 9.53 Å². The summed E-state index contributed by atoms with van der Waals surface area (Å²) in [6.07, 6.45) is 9.10. The molecule has 0 spiro atoms. The predicted molar refractivity (Wildman–Crippen MR) is 95.0 cm³/mol. The molecule has 136 valence electrons. The quantitative estimate of drug-likeness (QED) is 0.603. The fourth-order valence-electron chi connectivity index (χ4n) is 4.09. The Morgan fingerprint density at radius 2 is 1.88 bits per heavy atom.